The highest BCUT2D eigenvalue weighted by Crippen LogP contribution is 2.20. The molecule has 0 bridgehead atoms. The van der Waals surface area contributed by atoms with Crippen LogP contribution in [0.4, 0.5) is 0 Å². The van der Waals surface area contributed by atoms with Crippen molar-refractivity contribution in [1.29, 1.82) is 0 Å². The van der Waals surface area contributed by atoms with E-state index in [-0.39, 0.29) is 5.54 Å². The fraction of sp³-hybridized carbons (Fsp3) is 0.571. The van der Waals surface area contributed by atoms with E-state index in [4.69, 9.17) is 29.6 Å². The average molecular weight is 313 g/mol. The third-order valence-corrected chi connectivity index (χ3v) is 4.86. The Labute approximate surface area is 130 Å². The summed E-state index contributed by atoms with van der Waals surface area (Å²) in [5.41, 5.74) is 6.75. The van der Waals surface area contributed by atoms with Gasteiger partial charge in [-0.05, 0) is 25.5 Å². The van der Waals surface area contributed by atoms with Gasteiger partial charge in [0.25, 0.3) is 0 Å². The van der Waals surface area contributed by atoms with Crippen molar-refractivity contribution in [2.24, 2.45) is 5.73 Å². The van der Waals surface area contributed by atoms with Gasteiger partial charge in [-0.2, -0.15) is 0 Å². The molecule has 1 aromatic rings. The first-order chi connectivity index (χ1) is 9.41. The molecule has 2 rings (SSSR count). The lowest BCUT2D eigenvalue weighted by molar-refractivity contribution is 0.0821. The van der Waals surface area contributed by atoms with Crippen molar-refractivity contribution < 1.29 is 0 Å². The lowest BCUT2D eigenvalue weighted by atomic mass is 10.0. The SMILES string of the molecule is CC(C)(C(N)=S)N1CCN(Cc2ccncc2Cl)CC1. The zero-order valence-corrected chi connectivity index (χ0v) is 13.5. The molecule has 0 atom stereocenters. The fourth-order valence-electron chi connectivity index (χ4n) is 2.39. The van der Waals surface area contributed by atoms with Gasteiger partial charge >= 0.3 is 0 Å². The van der Waals surface area contributed by atoms with Crippen molar-refractivity contribution in [3.05, 3.63) is 29.0 Å². The number of aromatic nitrogens is 1. The highest BCUT2D eigenvalue weighted by Gasteiger charge is 2.32. The van der Waals surface area contributed by atoms with Gasteiger partial charge in [-0.1, -0.05) is 23.8 Å². The topological polar surface area (TPSA) is 45.4 Å². The Kier molecular flexibility index (Phi) is 4.96. The summed E-state index contributed by atoms with van der Waals surface area (Å²) < 4.78 is 0. The lowest BCUT2D eigenvalue weighted by Crippen LogP contribution is -2.59. The summed E-state index contributed by atoms with van der Waals surface area (Å²) in [6.45, 7) is 8.95. The van der Waals surface area contributed by atoms with Gasteiger partial charge < -0.3 is 5.73 Å². The van der Waals surface area contributed by atoms with Crippen LogP contribution >= 0.6 is 23.8 Å². The Hall–Kier alpha value is -0.750. The maximum absolute atomic E-state index is 6.15. The second kappa shape index (κ2) is 6.35. The maximum Gasteiger partial charge on any atom is 0.0928 e. The predicted octanol–water partition coefficient (Wildman–Crippen LogP) is 1.92. The van der Waals surface area contributed by atoms with Gasteiger partial charge in [0.15, 0.2) is 0 Å². The Bertz CT molecular complexity index is 484. The van der Waals surface area contributed by atoms with Crippen molar-refractivity contribution in [3.63, 3.8) is 0 Å². The minimum atomic E-state index is -0.213. The third kappa shape index (κ3) is 3.47. The van der Waals surface area contributed by atoms with Crippen LogP contribution in [-0.2, 0) is 6.54 Å². The molecule has 1 aromatic heterocycles. The molecule has 0 aromatic carbocycles. The van der Waals surface area contributed by atoms with E-state index in [1.807, 2.05) is 6.07 Å². The third-order valence-electron chi connectivity index (χ3n) is 4.02. The molecule has 0 amide bonds. The van der Waals surface area contributed by atoms with Crippen molar-refractivity contribution in [2.75, 3.05) is 26.2 Å². The molecule has 2 N–H and O–H groups in total. The molecule has 0 unspecified atom stereocenters. The molecule has 1 saturated heterocycles. The first kappa shape index (κ1) is 15.6. The van der Waals surface area contributed by atoms with Gasteiger partial charge in [-0.25, -0.2) is 0 Å². The normalized spacial score (nSPS) is 18.1. The van der Waals surface area contributed by atoms with Crippen LogP contribution in [0.15, 0.2) is 18.5 Å². The van der Waals surface area contributed by atoms with E-state index in [9.17, 15) is 0 Å². The van der Waals surface area contributed by atoms with Crippen LogP contribution in [0, 0.1) is 0 Å². The number of hydrogen-bond acceptors (Lipinski definition) is 4. The summed E-state index contributed by atoms with van der Waals surface area (Å²) in [6, 6.07) is 1.98. The van der Waals surface area contributed by atoms with E-state index in [2.05, 4.69) is 28.6 Å². The van der Waals surface area contributed by atoms with E-state index in [0.29, 0.717) is 4.99 Å². The molecule has 0 aliphatic carbocycles. The van der Waals surface area contributed by atoms with Gasteiger partial charge in [-0.3, -0.25) is 14.8 Å². The second-order valence-corrected chi connectivity index (χ2v) is 6.50. The predicted molar refractivity (Wildman–Crippen MR) is 87.0 cm³/mol. The Balaban J connectivity index is 1.92. The molecule has 1 aliphatic rings. The molecule has 0 saturated carbocycles. The smallest absolute Gasteiger partial charge is 0.0928 e. The number of piperazine rings is 1. The van der Waals surface area contributed by atoms with Gasteiger partial charge in [0.2, 0.25) is 0 Å². The molecule has 20 heavy (non-hydrogen) atoms. The number of hydrogen-bond donors (Lipinski definition) is 1. The minimum absolute atomic E-state index is 0.213. The molecule has 1 aliphatic heterocycles. The summed E-state index contributed by atoms with van der Waals surface area (Å²) in [4.78, 5) is 9.32. The highest BCUT2D eigenvalue weighted by atomic mass is 35.5. The fourth-order valence-corrected chi connectivity index (χ4v) is 2.70. The van der Waals surface area contributed by atoms with Gasteiger partial charge in [0.05, 0.1) is 15.6 Å². The molecule has 0 radical (unpaired) electrons. The largest absolute Gasteiger partial charge is 0.392 e. The van der Waals surface area contributed by atoms with Crippen molar-refractivity contribution in [3.8, 4) is 0 Å². The van der Waals surface area contributed by atoms with Crippen LogP contribution < -0.4 is 5.73 Å². The molecule has 110 valence electrons. The number of pyridine rings is 1. The van der Waals surface area contributed by atoms with Crippen LogP contribution in [0.3, 0.4) is 0 Å². The zero-order chi connectivity index (χ0) is 14.8. The summed E-state index contributed by atoms with van der Waals surface area (Å²) in [7, 11) is 0. The Morgan fingerprint density at radius 2 is 2.05 bits per heavy atom. The maximum atomic E-state index is 6.15. The van der Waals surface area contributed by atoms with E-state index in [1.165, 1.54) is 0 Å². The molecular weight excluding hydrogens is 292 g/mol. The van der Waals surface area contributed by atoms with E-state index in [0.717, 1.165) is 43.3 Å². The molecule has 0 spiro atoms. The average Bonchev–Trinajstić information content (AvgIpc) is 2.42. The number of thiocarbonyl (C=S) groups is 1. The lowest BCUT2D eigenvalue weighted by Gasteiger charge is -2.43. The van der Waals surface area contributed by atoms with Crippen LogP contribution in [-0.4, -0.2) is 51.5 Å². The quantitative estimate of drug-likeness (QED) is 0.861. The Morgan fingerprint density at radius 3 is 2.60 bits per heavy atom. The van der Waals surface area contributed by atoms with E-state index in [1.54, 1.807) is 12.4 Å². The van der Waals surface area contributed by atoms with Crippen molar-refractivity contribution in [2.45, 2.75) is 25.9 Å². The van der Waals surface area contributed by atoms with E-state index >= 15 is 0 Å². The van der Waals surface area contributed by atoms with Crippen LogP contribution in [0.1, 0.15) is 19.4 Å². The number of nitrogens with zero attached hydrogens (tertiary/aromatic N) is 3. The van der Waals surface area contributed by atoms with Crippen molar-refractivity contribution in [1.82, 2.24) is 14.8 Å². The van der Waals surface area contributed by atoms with Gasteiger partial charge in [-0.15, -0.1) is 0 Å². The molecule has 1 fully saturated rings. The van der Waals surface area contributed by atoms with Crippen LogP contribution in [0.2, 0.25) is 5.02 Å². The molecular formula is C14H21ClN4S. The zero-order valence-electron chi connectivity index (χ0n) is 12.0. The number of rotatable bonds is 4. The second-order valence-electron chi connectivity index (χ2n) is 5.65. The summed E-state index contributed by atoms with van der Waals surface area (Å²) in [5.74, 6) is 0. The molecule has 6 heteroatoms. The summed E-state index contributed by atoms with van der Waals surface area (Å²) in [5, 5.41) is 0.735. The number of halogens is 1. The Morgan fingerprint density at radius 1 is 1.40 bits per heavy atom. The number of nitrogens with two attached hydrogens (primary N) is 1. The molecule has 2 heterocycles. The summed E-state index contributed by atoms with van der Waals surface area (Å²) in [6.07, 6.45) is 3.48. The van der Waals surface area contributed by atoms with Gasteiger partial charge in [0, 0.05) is 45.1 Å². The monoisotopic (exact) mass is 312 g/mol. The van der Waals surface area contributed by atoms with Crippen LogP contribution in [0.5, 0.6) is 0 Å². The first-order valence-corrected chi connectivity index (χ1v) is 7.55. The minimum Gasteiger partial charge on any atom is -0.392 e. The first-order valence-electron chi connectivity index (χ1n) is 6.77. The standard InChI is InChI=1S/C14H21ClN4S/c1-14(2,13(16)20)19-7-5-18(6-8-19)10-11-3-4-17-9-12(11)15/h3-4,9H,5-8,10H2,1-2H3,(H2,16,20). The summed E-state index contributed by atoms with van der Waals surface area (Å²) >= 11 is 11.3. The van der Waals surface area contributed by atoms with Crippen LogP contribution in [0.25, 0.3) is 0 Å². The highest BCUT2D eigenvalue weighted by molar-refractivity contribution is 7.80. The van der Waals surface area contributed by atoms with Crippen molar-refractivity contribution >= 4 is 28.8 Å². The van der Waals surface area contributed by atoms with E-state index < -0.39 is 0 Å². The van der Waals surface area contributed by atoms with Gasteiger partial charge in [0.1, 0.15) is 0 Å². The molecule has 4 nitrogen and oxygen atoms in total.